The third-order valence-corrected chi connectivity index (χ3v) is 7.38. The van der Waals surface area contributed by atoms with E-state index in [9.17, 15) is 27.9 Å². The fourth-order valence-electron chi connectivity index (χ4n) is 5.03. The van der Waals surface area contributed by atoms with E-state index in [1.165, 1.54) is 23.4 Å². The fourth-order valence-corrected chi connectivity index (χ4v) is 5.29. The van der Waals surface area contributed by atoms with E-state index in [2.05, 4.69) is 25.2 Å². The van der Waals surface area contributed by atoms with E-state index < -0.39 is 30.4 Å². The van der Waals surface area contributed by atoms with E-state index in [-0.39, 0.29) is 33.2 Å². The maximum absolute atomic E-state index is 13.5. The molecule has 0 atom stereocenters. The number of benzene rings is 1. The minimum Gasteiger partial charge on any atom is -0.465 e. The number of hydrogen-bond donors (Lipinski definition) is 2. The average Bonchev–Trinajstić information content (AvgIpc) is 2.87. The van der Waals surface area contributed by atoms with Crippen LogP contribution in [0.4, 0.5) is 28.6 Å². The second-order valence-electron chi connectivity index (χ2n) is 12.0. The van der Waals surface area contributed by atoms with Crippen LogP contribution in [-0.2, 0) is 17.6 Å². The van der Waals surface area contributed by atoms with Gasteiger partial charge in [0, 0.05) is 49.1 Å². The van der Waals surface area contributed by atoms with Crippen molar-refractivity contribution < 1.29 is 32.6 Å². The monoisotopic (exact) mass is 622 g/mol. The molecule has 1 aromatic carbocycles. The highest BCUT2D eigenvalue weighted by Crippen LogP contribution is 2.37. The summed E-state index contributed by atoms with van der Waals surface area (Å²) in [6.07, 6.45) is -5.64. The van der Waals surface area contributed by atoms with Gasteiger partial charge >= 0.3 is 18.4 Å². The molecular formula is C29H34ClF3N6O4. The average molecular weight is 623 g/mol. The Balaban J connectivity index is 1.69. The normalized spacial score (nSPS) is 15.0. The van der Waals surface area contributed by atoms with Crippen molar-refractivity contribution in [1.82, 2.24) is 24.8 Å². The Morgan fingerprint density at radius 1 is 1.02 bits per heavy atom. The number of nitrogens with zero attached hydrogens (tertiary/aromatic N) is 5. The maximum Gasteiger partial charge on any atom is 0.413 e. The van der Waals surface area contributed by atoms with Crippen molar-refractivity contribution in [3.05, 3.63) is 46.9 Å². The summed E-state index contributed by atoms with van der Waals surface area (Å²) in [7, 11) is 0. The van der Waals surface area contributed by atoms with Gasteiger partial charge in [-0.05, 0) is 58.4 Å². The van der Waals surface area contributed by atoms with Gasteiger partial charge in [0.15, 0.2) is 0 Å². The van der Waals surface area contributed by atoms with Crippen molar-refractivity contribution in [3.63, 3.8) is 0 Å². The number of anilines is 1. The van der Waals surface area contributed by atoms with E-state index in [0.717, 1.165) is 0 Å². The van der Waals surface area contributed by atoms with Crippen LogP contribution < -0.4 is 5.32 Å². The van der Waals surface area contributed by atoms with Crippen LogP contribution in [0, 0.1) is 0 Å². The zero-order chi connectivity index (χ0) is 31.7. The first-order valence-corrected chi connectivity index (χ1v) is 14.0. The molecule has 1 aliphatic rings. The summed E-state index contributed by atoms with van der Waals surface area (Å²) in [5, 5.41) is 12.5. The number of ether oxygens (including phenoxy) is 1. The number of hydrogen-bond acceptors (Lipinski definition) is 7. The van der Waals surface area contributed by atoms with Gasteiger partial charge in [-0.2, -0.15) is 13.2 Å². The Morgan fingerprint density at radius 3 is 2.30 bits per heavy atom. The predicted molar refractivity (Wildman–Crippen MR) is 156 cm³/mol. The van der Waals surface area contributed by atoms with Crippen molar-refractivity contribution in [2.24, 2.45) is 0 Å². The number of pyridine rings is 1. The van der Waals surface area contributed by atoms with E-state index in [4.69, 9.17) is 16.3 Å². The van der Waals surface area contributed by atoms with Crippen molar-refractivity contribution in [3.8, 4) is 11.3 Å². The van der Waals surface area contributed by atoms with Crippen LogP contribution in [-0.4, -0.2) is 85.5 Å². The third kappa shape index (κ3) is 8.23. The zero-order valence-corrected chi connectivity index (χ0v) is 25.3. The minimum absolute atomic E-state index is 0.000501. The second kappa shape index (κ2) is 12.1. The molecule has 43 heavy (non-hydrogen) atoms. The number of halogens is 4. The van der Waals surface area contributed by atoms with Crippen molar-refractivity contribution in [1.29, 1.82) is 0 Å². The SMILES string of the molecule is CC(C)(C)OC(=O)Nc1ccc(CC(F)(F)F)c(-c2cc3ncnc(CC(C)(C)N4CCN(C(=O)O)CC4)c3cc2Cl)n1. The summed E-state index contributed by atoms with van der Waals surface area (Å²) in [6, 6.07) is 5.72. The molecule has 1 fully saturated rings. The Bertz CT molecular complexity index is 1520. The Labute approximate surface area is 252 Å². The van der Waals surface area contributed by atoms with Crippen LogP contribution in [0.25, 0.3) is 22.2 Å². The molecule has 2 aromatic heterocycles. The molecule has 2 N–H and O–H groups in total. The molecule has 4 rings (SSSR count). The summed E-state index contributed by atoms with van der Waals surface area (Å²) < 4.78 is 45.8. The number of carboxylic acid groups (broad SMARTS) is 1. The van der Waals surface area contributed by atoms with Crippen molar-refractivity contribution in [2.45, 2.75) is 64.8 Å². The molecule has 1 saturated heterocycles. The molecule has 3 heterocycles. The van der Waals surface area contributed by atoms with Gasteiger partial charge in [0.2, 0.25) is 0 Å². The third-order valence-electron chi connectivity index (χ3n) is 7.07. The summed E-state index contributed by atoms with van der Waals surface area (Å²) in [5.41, 5.74) is 0.0157. The lowest BCUT2D eigenvalue weighted by Gasteiger charge is -2.43. The van der Waals surface area contributed by atoms with Crippen molar-refractivity contribution in [2.75, 3.05) is 31.5 Å². The van der Waals surface area contributed by atoms with E-state index in [1.807, 2.05) is 13.8 Å². The topological polar surface area (TPSA) is 121 Å². The van der Waals surface area contributed by atoms with Gasteiger partial charge in [-0.1, -0.05) is 17.7 Å². The molecular weight excluding hydrogens is 589 g/mol. The molecule has 0 spiro atoms. The first kappa shape index (κ1) is 32.2. The zero-order valence-electron chi connectivity index (χ0n) is 24.5. The lowest BCUT2D eigenvalue weighted by atomic mass is 9.92. The Hall–Kier alpha value is -3.71. The minimum atomic E-state index is -4.52. The summed E-state index contributed by atoms with van der Waals surface area (Å²) in [5.74, 6) is -0.000501. The number of carbonyl (C=O) groups excluding carboxylic acids is 1. The van der Waals surface area contributed by atoms with Crippen LogP contribution >= 0.6 is 11.6 Å². The standard InChI is InChI=1S/C29H34ClF3N6O4/c1-27(2,3)43-25(40)37-23-7-6-17(14-29(31,32)33)24(36-23)18-13-21-19(12-20(18)30)22(35-16-34-21)15-28(4,5)39-10-8-38(9-11-39)26(41)42/h6-7,12-13,16H,8-11,14-15H2,1-5H3,(H,41,42)(H,36,37,40). The van der Waals surface area contributed by atoms with Gasteiger partial charge in [-0.15, -0.1) is 0 Å². The van der Waals surface area contributed by atoms with Crippen molar-refractivity contribution >= 4 is 40.5 Å². The number of rotatable bonds is 6. The molecule has 0 bridgehead atoms. The number of carbonyl (C=O) groups is 2. The fraction of sp³-hybridized carbons (Fsp3) is 0.483. The summed E-state index contributed by atoms with van der Waals surface area (Å²) >= 11 is 6.70. The molecule has 2 amide bonds. The number of fused-ring (bicyclic) bond motifs is 1. The number of aromatic nitrogens is 3. The quantitative estimate of drug-likeness (QED) is 0.323. The number of alkyl halides is 3. The summed E-state index contributed by atoms with van der Waals surface area (Å²) in [4.78, 5) is 40.4. The molecule has 0 saturated carbocycles. The molecule has 3 aromatic rings. The van der Waals surface area contributed by atoms with Crippen LogP contribution in [0.1, 0.15) is 45.9 Å². The Morgan fingerprint density at radius 2 is 1.70 bits per heavy atom. The molecule has 0 aliphatic carbocycles. The van der Waals surface area contributed by atoms with E-state index >= 15 is 0 Å². The highest BCUT2D eigenvalue weighted by molar-refractivity contribution is 6.34. The van der Waals surface area contributed by atoms with Gasteiger partial charge in [-0.3, -0.25) is 10.2 Å². The van der Waals surface area contributed by atoms with E-state index in [0.29, 0.717) is 49.2 Å². The van der Waals surface area contributed by atoms with Crippen LogP contribution in [0.2, 0.25) is 5.02 Å². The van der Waals surface area contributed by atoms with E-state index in [1.54, 1.807) is 32.9 Å². The lowest BCUT2D eigenvalue weighted by Crippen LogP contribution is -2.56. The first-order chi connectivity index (χ1) is 19.9. The first-order valence-electron chi connectivity index (χ1n) is 13.6. The molecule has 10 nitrogen and oxygen atoms in total. The van der Waals surface area contributed by atoms with Gasteiger partial charge < -0.3 is 14.7 Å². The number of nitrogens with one attached hydrogen (secondary N) is 1. The smallest absolute Gasteiger partial charge is 0.413 e. The maximum atomic E-state index is 13.5. The molecule has 1 aliphatic heterocycles. The molecule has 0 unspecified atom stereocenters. The second-order valence-corrected chi connectivity index (χ2v) is 12.4. The van der Waals surface area contributed by atoms with Crippen LogP contribution in [0.3, 0.4) is 0 Å². The number of piperazine rings is 1. The Kier molecular flexibility index (Phi) is 9.08. The molecule has 14 heteroatoms. The summed E-state index contributed by atoms with van der Waals surface area (Å²) in [6.45, 7) is 11.1. The predicted octanol–water partition coefficient (Wildman–Crippen LogP) is 6.41. The van der Waals surface area contributed by atoms with Gasteiger partial charge in [0.05, 0.1) is 28.3 Å². The van der Waals surface area contributed by atoms with Gasteiger partial charge in [0.25, 0.3) is 0 Å². The lowest BCUT2D eigenvalue weighted by molar-refractivity contribution is -0.127. The number of amides is 2. The highest BCUT2D eigenvalue weighted by atomic mass is 35.5. The van der Waals surface area contributed by atoms with Gasteiger partial charge in [-0.25, -0.2) is 24.5 Å². The van der Waals surface area contributed by atoms with Crippen LogP contribution in [0.15, 0.2) is 30.6 Å². The largest absolute Gasteiger partial charge is 0.465 e. The van der Waals surface area contributed by atoms with Gasteiger partial charge in [0.1, 0.15) is 17.7 Å². The highest BCUT2D eigenvalue weighted by Gasteiger charge is 2.33. The van der Waals surface area contributed by atoms with Crippen LogP contribution in [0.5, 0.6) is 0 Å². The molecule has 0 radical (unpaired) electrons. The molecule has 232 valence electrons.